The summed E-state index contributed by atoms with van der Waals surface area (Å²) in [6.45, 7) is 2.13. The zero-order valence-corrected chi connectivity index (χ0v) is 16.6. The fourth-order valence-corrected chi connectivity index (χ4v) is 3.71. The number of ether oxygens (including phenoxy) is 4. The van der Waals surface area contributed by atoms with Gasteiger partial charge in [-0.25, -0.2) is 4.79 Å². The van der Waals surface area contributed by atoms with Gasteiger partial charge in [0.2, 0.25) is 12.7 Å². The topological polar surface area (TPSA) is 115 Å². The molecule has 1 saturated heterocycles. The molecule has 0 radical (unpaired) electrons. The van der Waals surface area contributed by atoms with Crippen molar-refractivity contribution >= 4 is 23.5 Å². The monoisotopic (exact) mass is 425 g/mol. The van der Waals surface area contributed by atoms with E-state index in [-0.39, 0.29) is 6.79 Å². The molecule has 2 aromatic carbocycles. The minimum atomic E-state index is -1.33. The van der Waals surface area contributed by atoms with Crippen LogP contribution < -0.4 is 29.6 Å². The zero-order valence-electron chi connectivity index (χ0n) is 16.6. The third kappa shape index (κ3) is 3.25. The van der Waals surface area contributed by atoms with Gasteiger partial charge in [0.25, 0.3) is 5.91 Å². The van der Waals surface area contributed by atoms with Crippen LogP contribution in [0.25, 0.3) is 0 Å². The highest BCUT2D eigenvalue weighted by Crippen LogP contribution is 2.37. The Hall–Kier alpha value is -3.95. The van der Waals surface area contributed by atoms with Gasteiger partial charge in [-0.3, -0.25) is 14.5 Å². The van der Waals surface area contributed by atoms with Gasteiger partial charge >= 0.3 is 6.03 Å². The van der Waals surface area contributed by atoms with E-state index in [0.717, 1.165) is 4.90 Å². The number of nitrogens with one attached hydrogen (secondary N) is 2. The molecule has 0 aliphatic carbocycles. The summed E-state index contributed by atoms with van der Waals surface area (Å²) in [7, 11) is 0. The molecule has 0 saturated carbocycles. The molecule has 160 valence electrons. The summed E-state index contributed by atoms with van der Waals surface area (Å²) in [5.41, 5.74) is -0.323. The molecule has 10 nitrogen and oxygen atoms in total. The molecule has 5 rings (SSSR count). The normalized spacial score (nSPS) is 21.1. The van der Waals surface area contributed by atoms with Crippen LogP contribution in [0.15, 0.2) is 36.4 Å². The van der Waals surface area contributed by atoms with Gasteiger partial charge < -0.3 is 29.6 Å². The maximum atomic E-state index is 13.1. The second kappa shape index (κ2) is 7.08. The first-order valence-electron chi connectivity index (χ1n) is 9.68. The Kier molecular flexibility index (Phi) is 4.35. The van der Waals surface area contributed by atoms with Crippen LogP contribution in [0.2, 0.25) is 0 Å². The standard InChI is InChI=1S/C21H19N3O7/c1-21(12-2-4-14-16(8-12)29-7-6-28-14)19(26)24(20(27)23-21)10-18(25)22-13-3-5-15-17(9-13)31-11-30-15/h2-5,8-9H,6-7,10-11H2,1H3,(H,22,25)(H,23,27)/t21-/m1/s1. The summed E-state index contributed by atoms with van der Waals surface area (Å²) in [6, 6.07) is 9.35. The van der Waals surface area contributed by atoms with Crippen LogP contribution in [0.5, 0.6) is 23.0 Å². The lowest BCUT2D eigenvalue weighted by Crippen LogP contribution is -2.42. The summed E-state index contributed by atoms with van der Waals surface area (Å²) >= 11 is 0. The van der Waals surface area contributed by atoms with Gasteiger partial charge in [0.1, 0.15) is 25.3 Å². The van der Waals surface area contributed by atoms with Crippen molar-refractivity contribution in [2.24, 2.45) is 0 Å². The third-order valence-corrected chi connectivity index (χ3v) is 5.35. The summed E-state index contributed by atoms with van der Waals surface area (Å²) in [6.07, 6.45) is 0. The minimum Gasteiger partial charge on any atom is -0.486 e. The molecule has 31 heavy (non-hydrogen) atoms. The Bertz CT molecular complexity index is 1100. The number of nitrogens with zero attached hydrogens (tertiary/aromatic N) is 1. The number of hydrogen-bond donors (Lipinski definition) is 2. The van der Waals surface area contributed by atoms with Gasteiger partial charge in [-0.2, -0.15) is 0 Å². The van der Waals surface area contributed by atoms with E-state index < -0.39 is 29.9 Å². The van der Waals surface area contributed by atoms with Crippen LogP contribution >= 0.6 is 0 Å². The van der Waals surface area contributed by atoms with Crippen LogP contribution in [0.4, 0.5) is 10.5 Å². The van der Waals surface area contributed by atoms with E-state index in [2.05, 4.69) is 10.6 Å². The summed E-state index contributed by atoms with van der Waals surface area (Å²) in [5, 5.41) is 5.34. The molecule has 0 bridgehead atoms. The second-order valence-electron chi connectivity index (χ2n) is 7.42. The van der Waals surface area contributed by atoms with Crippen molar-refractivity contribution in [2.45, 2.75) is 12.5 Å². The first-order chi connectivity index (χ1) is 14.9. The largest absolute Gasteiger partial charge is 0.486 e. The number of benzene rings is 2. The number of urea groups is 1. The van der Waals surface area contributed by atoms with Gasteiger partial charge in [0.15, 0.2) is 23.0 Å². The number of imide groups is 1. The number of hydrogen-bond acceptors (Lipinski definition) is 7. The molecule has 4 amide bonds. The van der Waals surface area contributed by atoms with Crippen LogP contribution in [-0.4, -0.2) is 49.3 Å². The lowest BCUT2D eigenvalue weighted by molar-refractivity contribution is -0.133. The van der Waals surface area contributed by atoms with Crippen LogP contribution in [-0.2, 0) is 15.1 Å². The molecule has 2 N–H and O–H groups in total. The average Bonchev–Trinajstić information content (AvgIpc) is 3.32. The van der Waals surface area contributed by atoms with E-state index in [1.165, 1.54) is 0 Å². The first kappa shape index (κ1) is 19.0. The first-order valence-corrected chi connectivity index (χ1v) is 9.68. The summed E-state index contributed by atoms with van der Waals surface area (Å²) < 4.78 is 21.6. The van der Waals surface area contributed by atoms with Crippen LogP contribution in [0, 0.1) is 0 Å². The number of rotatable bonds is 4. The molecule has 0 unspecified atom stereocenters. The molecule has 3 aliphatic heterocycles. The number of fused-ring (bicyclic) bond motifs is 2. The highest BCUT2D eigenvalue weighted by molar-refractivity contribution is 6.10. The zero-order chi connectivity index (χ0) is 21.6. The molecule has 1 atom stereocenters. The SMILES string of the molecule is C[C@]1(c2ccc3c(c2)OCCO3)NC(=O)N(CC(=O)Nc2ccc3c(c2)OCO3)C1=O. The smallest absolute Gasteiger partial charge is 0.325 e. The molecule has 1 fully saturated rings. The van der Waals surface area contributed by atoms with E-state index in [4.69, 9.17) is 18.9 Å². The van der Waals surface area contributed by atoms with Gasteiger partial charge in [-0.15, -0.1) is 0 Å². The minimum absolute atomic E-state index is 0.119. The van der Waals surface area contributed by atoms with Crippen molar-refractivity contribution in [2.75, 3.05) is 31.9 Å². The highest BCUT2D eigenvalue weighted by atomic mass is 16.7. The average molecular weight is 425 g/mol. The van der Waals surface area contributed by atoms with Crippen LogP contribution in [0.3, 0.4) is 0 Å². The molecule has 10 heteroatoms. The maximum Gasteiger partial charge on any atom is 0.325 e. The second-order valence-corrected chi connectivity index (χ2v) is 7.42. The molecule has 3 heterocycles. The highest BCUT2D eigenvalue weighted by Gasteiger charge is 2.49. The van der Waals surface area contributed by atoms with Crippen molar-refractivity contribution in [1.82, 2.24) is 10.2 Å². The Balaban J connectivity index is 1.31. The Morgan fingerprint density at radius 3 is 2.52 bits per heavy atom. The van der Waals surface area contributed by atoms with Crippen molar-refractivity contribution in [1.29, 1.82) is 0 Å². The van der Waals surface area contributed by atoms with E-state index in [1.54, 1.807) is 43.3 Å². The van der Waals surface area contributed by atoms with E-state index in [1.807, 2.05) is 0 Å². The predicted octanol–water partition coefficient (Wildman–Crippen LogP) is 1.59. The molecular weight excluding hydrogens is 406 g/mol. The lowest BCUT2D eigenvalue weighted by atomic mass is 9.91. The molecule has 0 spiro atoms. The van der Waals surface area contributed by atoms with Crippen LogP contribution in [0.1, 0.15) is 12.5 Å². The maximum absolute atomic E-state index is 13.1. The van der Waals surface area contributed by atoms with Gasteiger partial charge in [-0.1, -0.05) is 6.07 Å². The van der Waals surface area contributed by atoms with Gasteiger partial charge in [-0.05, 0) is 36.8 Å². The van der Waals surface area contributed by atoms with E-state index in [9.17, 15) is 14.4 Å². The summed E-state index contributed by atoms with van der Waals surface area (Å²) in [5.74, 6) is 1.13. The van der Waals surface area contributed by atoms with Crippen molar-refractivity contribution in [3.63, 3.8) is 0 Å². The third-order valence-electron chi connectivity index (χ3n) is 5.35. The molecular formula is C21H19N3O7. The fraction of sp³-hybridized carbons (Fsp3) is 0.286. The quantitative estimate of drug-likeness (QED) is 0.715. The van der Waals surface area contributed by atoms with Crippen molar-refractivity contribution < 1.29 is 33.3 Å². The van der Waals surface area contributed by atoms with E-state index >= 15 is 0 Å². The Labute approximate surface area is 177 Å². The van der Waals surface area contributed by atoms with Crippen molar-refractivity contribution in [3.05, 3.63) is 42.0 Å². The molecule has 0 aromatic heterocycles. The lowest BCUT2D eigenvalue weighted by Gasteiger charge is -2.25. The number of anilines is 1. The van der Waals surface area contributed by atoms with E-state index in [0.29, 0.717) is 47.5 Å². The summed E-state index contributed by atoms with van der Waals surface area (Å²) in [4.78, 5) is 39.0. The Morgan fingerprint density at radius 1 is 1.00 bits per heavy atom. The number of amides is 4. The van der Waals surface area contributed by atoms with Gasteiger partial charge in [0.05, 0.1) is 0 Å². The molecule has 3 aliphatic rings. The Morgan fingerprint density at radius 2 is 1.68 bits per heavy atom. The number of carbonyl (C=O) groups excluding carboxylic acids is 3. The number of carbonyl (C=O) groups is 3. The van der Waals surface area contributed by atoms with Gasteiger partial charge in [0, 0.05) is 11.8 Å². The predicted molar refractivity (Wildman–Crippen MR) is 106 cm³/mol. The van der Waals surface area contributed by atoms with Crippen molar-refractivity contribution in [3.8, 4) is 23.0 Å². The molecule has 2 aromatic rings. The fourth-order valence-electron chi connectivity index (χ4n) is 3.71.